The summed E-state index contributed by atoms with van der Waals surface area (Å²) in [6, 6.07) is 0. The van der Waals surface area contributed by atoms with Gasteiger partial charge in [0.1, 0.15) is 0 Å². The van der Waals surface area contributed by atoms with Crippen LogP contribution in [0.1, 0.15) is 0 Å². The van der Waals surface area contributed by atoms with Crippen LogP contribution < -0.4 is 0 Å². The van der Waals surface area contributed by atoms with E-state index in [0.29, 0.717) is 0 Å². The Balaban J connectivity index is -0.0000000450. The summed E-state index contributed by atoms with van der Waals surface area (Å²) in [5, 5.41) is 13.9. The van der Waals surface area contributed by atoms with Crippen LogP contribution in [0.2, 0.25) is 0 Å². The summed E-state index contributed by atoms with van der Waals surface area (Å²) in [6.45, 7) is 0. The average Bonchev–Trinajstić information content (AvgIpc) is 0.811. The molecule has 0 radical (unpaired) electrons. The molecule has 0 aromatic heterocycles. The number of hydrogen-bond donors (Lipinski definition) is 2. The molecule has 0 saturated carbocycles. The molecule has 0 rings (SSSR count). The summed E-state index contributed by atoms with van der Waals surface area (Å²) in [5.74, 6) is 0. The quantitative estimate of drug-likeness (QED) is 0.426. The van der Waals surface area contributed by atoms with Crippen LogP contribution >= 0.6 is 0 Å². The average molecular weight is 124 g/mol. The maximum atomic E-state index is 8.56. The van der Waals surface area contributed by atoms with Gasteiger partial charge in [0.05, 0.1) is 0 Å². The fourth-order valence-electron chi connectivity index (χ4n) is 0. The monoisotopic (exact) mass is 124 g/mol. The predicted molar refractivity (Wildman–Crippen MR) is 21.7 cm³/mol. The Kier molecular flexibility index (Phi) is 24.3. The van der Waals surface area contributed by atoms with E-state index in [-0.39, 0.29) is 42.4 Å². The minimum atomic E-state index is -1.83. The van der Waals surface area contributed by atoms with Gasteiger partial charge in [0.25, 0.3) is 0 Å². The third-order valence-corrected chi connectivity index (χ3v) is 0. The first-order chi connectivity index (χ1) is 1.73. The van der Waals surface area contributed by atoms with Crippen molar-refractivity contribution >= 4 is 43.9 Å². The fraction of sp³-hybridized carbons (Fsp3) is 0. The van der Waals surface area contributed by atoms with Gasteiger partial charge in [-0.3, -0.25) is 4.70 Å². The second kappa shape index (κ2) is 9.07. The summed E-state index contributed by atoms with van der Waals surface area (Å²) in [5.41, 5.74) is 0. The number of carboxylic acid groups (broad SMARTS) is 2. The first kappa shape index (κ1) is 16.1. The van der Waals surface area contributed by atoms with Crippen molar-refractivity contribution in [2.45, 2.75) is 0 Å². The van der Waals surface area contributed by atoms with Gasteiger partial charge in [0.15, 0.2) is 0 Å². The first-order valence-electron chi connectivity index (χ1n) is 0.651. The van der Waals surface area contributed by atoms with Crippen molar-refractivity contribution < 1.29 is 19.7 Å². The zero-order valence-corrected chi connectivity index (χ0v) is 2.21. The molecular weight excluding hydrogens is 119 g/mol. The molecule has 0 aromatic rings. The van der Waals surface area contributed by atoms with Gasteiger partial charge in [-0.1, -0.05) is 0 Å². The third kappa shape index (κ3) is 253. The molecule has 0 bridgehead atoms. The van der Waals surface area contributed by atoms with Crippen molar-refractivity contribution in [3.63, 3.8) is 0 Å². The van der Waals surface area contributed by atoms with Gasteiger partial charge in [-0.15, -0.1) is 0 Å². The zero-order chi connectivity index (χ0) is 3.58. The molecule has 36 valence electrons. The SMILES string of the molecule is F.O=C(O)O.[CaH2]. The van der Waals surface area contributed by atoms with Crippen molar-refractivity contribution in [3.8, 4) is 0 Å². The van der Waals surface area contributed by atoms with E-state index >= 15 is 0 Å². The van der Waals surface area contributed by atoms with Gasteiger partial charge in [0, 0.05) is 0 Å². The molecule has 0 atom stereocenters. The molecule has 5 heteroatoms. The third-order valence-electron chi connectivity index (χ3n) is 0. The Hall–Kier alpha value is 0.460. The van der Waals surface area contributed by atoms with Crippen LogP contribution in [0.3, 0.4) is 0 Å². The van der Waals surface area contributed by atoms with Gasteiger partial charge in [0.2, 0.25) is 0 Å². The second-order valence-electron chi connectivity index (χ2n) is 0.283. The molecule has 0 saturated heterocycles. The zero-order valence-electron chi connectivity index (χ0n) is 2.21. The van der Waals surface area contributed by atoms with Crippen LogP contribution in [0.15, 0.2) is 0 Å². The van der Waals surface area contributed by atoms with Crippen LogP contribution in [0.5, 0.6) is 0 Å². The van der Waals surface area contributed by atoms with Crippen molar-refractivity contribution in [1.82, 2.24) is 0 Å². The molecule has 0 aliphatic heterocycles. The van der Waals surface area contributed by atoms with Crippen LogP contribution in [0, 0.1) is 0 Å². The van der Waals surface area contributed by atoms with Gasteiger partial charge in [-0.2, -0.15) is 0 Å². The molecule has 0 fully saturated rings. The van der Waals surface area contributed by atoms with E-state index in [1.54, 1.807) is 0 Å². The van der Waals surface area contributed by atoms with E-state index in [0.717, 1.165) is 0 Å². The Labute approximate surface area is 63.3 Å². The van der Waals surface area contributed by atoms with Crippen LogP contribution in [0.4, 0.5) is 9.50 Å². The molecule has 0 aliphatic rings. The topological polar surface area (TPSA) is 57.5 Å². The summed E-state index contributed by atoms with van der Waals surface area (Å²) in [4.78, 5) is 8.56. The maximum absolute atomic E-state index is 8.56. The number of halogens is 1. The summed E-state index contributed by atoms with van der Waals surface area (Å²) < 4.78 is 0. The molecule has 0 aromatic carbocycles. The van der Waals surface area contributed by atoms with Crippen molar-refractivity contribution in [1.29, 1.82) is 0 Å². The minimum absolute atomic E-state index is 0. The molecule has 0 unspecified atom stereocenters. The normalized spacial score (nSPS) is 4.00. The molecule has 0 heterocycles. The van der Waals surface area contributed by atoms with E-state index in [4.69, 9.17) is 15.0 Å². The van der Waals surface area contributed by atoms with E-state index in [1.807, 2.05) is 0 Å². The van der Waals surface area contributed by atoms with E-state index in [2.05, 4.69) is 0 Å². The van der Waals surface area contributed by atoms with Gasteiger partial charge < -0.3 is 10.2 Å². The summed E-state index contributed by atoms with van der Waals surface area (Å²) in [6.07, 6.45) is -1.83. The molecule has 0 aliphatic carbocycles. The first-order valence-corrected chi connectivity index (χ1v) is 0.651. The van der Waals surface area contributed by atoms with Crippen LogP contribution in [-0.4, -0.2) is 54.1 Å². The van der Waals surface area contributed by atoms with Crippen molar-refractivity contribution in [2.75, 3.05) is 0 Å². The fourth-order valence-corrected chi connectivity index (χ4v) is 0. The van der Waals surface area contributed by atoms with Gasteiger partial charge in [-0.05, 0) is 0 Å². The van der Waals surface area contributed by atoms with E-state index in [9.17, 15) is 0 Å². The molecular formula is CH5CaFO3. The Morgan fingerprint density at radius 2 is 1.33 bits per heavy atom. The summed E-state index contributed by atoms with van der Waals surface area (Å²) in [7, 11) is 0. The number of rotatable bonds is 0. The predicted octanol–water partition coefficient (Wildman–Crippen LogP) is -0.541. The number of hydrogen-bond acceptors (Lipinski definition) is 1. The molecule has 6 heavy (non-hydrogen) atoms. The van der Waals surface area contributed by atoms with Crippen molar-refractivity contribution in [2.24, 2.45) is 0 Å². The Bertz CT molecular complexity index is 33.8. The van der Waals surface area contributed by atoms with Gasteiger partial charge in [-0.25, -0.2) is 4.79 Å². The van der Waals surface area contributed by atoms with Crippen LogP contribution in [0.25, 0.3) is 0 Å². The summed E-state index contributed by atoms with van der Waals surface area (Å²) >= 11 is 0. The van der Waals surface area contributed by atoms with E-state index < -0.39 is 6.16 Å². The second-order valence-corrected chi connectivity index (χ2v) is 0.283. The standard InChI is InChI=1S/CH2O3.Ca.FH.2H/c2-1(3)4;;;;/h(H2,2,3,4);;1H;;. The van der Waals surface area contributed by atoms with Gasteiger partial charge >= 0.3 is 43.9 Å². The number of carbonyl (C=O) groups is 1. The Morgan fingerprint density at radius 3 is 1.33 bits per heavy atom. The van der Waals surface area contributed by atoms with Crippen LogP contribution in [-0.2, 0) is 0 Å². The molecule has 2 N–H and O–H groups in total. The Morgan fingerprint density at radius 1 is 1.33 bits per heavy atom. The molecule has 0 spiro atoms. The van der Waals surface area contributed by atoms with Crippen molar-refractivity contribution in [3.05, 3.63) is 0 Å². The molecule has 3 nitrogen and oxygen atoms in total. The van der Waals surface area contributed by atoms with E-state index in [1.165, 1.54) is 0 Å². The molecule has 0 amide bonds.